The highest BCUT2D eigenvalue weighted by atomic mass is 15.1. The molecule has 0 saturated heterocycles. The average Bonchev–Trinajstić information content (AvgIpc) is 3.66. The van der Waals surface area contributed by atoms with Crippen LogP contribution in [0.15, 0.2) is 182 Å². The third-order valence-electron chi connectivity index (χ3n) is 14.9. The lowest BCUT2D eigenvalue weighted by atomic mass is 9.79. The fourth-order valence-corrected chi connectivity index (χ4v) is 10.7. The number of benzene rings is 10. The lowest BCUT2D eigenvalue weighted by Gasteiger charge is -2.29. The van der Waals surface area contributed by atoms with Crippen molar-refractivity contribution in [2.45, 2.75) is 105 Å². The fourth-order valence-electron chi connectivity index (χ4n) is 10.7. The molecule has 11 rings (SSSR count). The quantitative estimate of drug-likeness (QED) is 0.151. The minimum atomic E-state index is 0.000372. The number of para-hydroxylation sites is 2. The van der Waals surface area contributed by atoms with Crippen molar-refractivity contribution in [2.24, 2.45) is 0 Å². The monoisotopic (exact) mass is 911 g/mol. The highest BCUT2D eigenvalue weighted by molar-refractivity contribution is 6.27. The van der Waals surface area contributed by atoms with E-state index in [0.29, 0.717) is 0 Å². The molecule has 1 aromatic heterocycles. The highest BCUT2D eigenvalue weighted by Gasteiger charge is 2.26. The Bertz CT molecular complexity index is 3570. The Balaban J connectivity index is 1.17. The predicted molar refractivity (Wildman–Crippen MR) is 305 cm³/mol. The molecular formula is C68H66N2. The lowest BCUT2D eigenvalue weighted by molar-refractivity contribution is 0.568. The van der Waals surface area contributed by atoms with Crippen molar-refractivity contribution in [1.29, 1.82) is 0 Å². The van der Waals surface area contributed by atoms with Crippen molar-refractivity contribution in [3.05, 3.63) is 204 Å². The second kappa shape index (κ2) is 16.2. The Morgan fingerprint density at radius 2 is 0.714 bits per heavy atom. The maximum absolute atomic E-state index is 2.52. The van der Waals surface area contributed by atoms with Crippen molar-refractivity contribution in [2.75, 3.05) is 4.90 Å². The van der Waals surface area contributed by atoms with E-state index in [2.05, 4.69) is 275 Å². The Morgan fingerprint density at radius 3 is 1.17 bits per heavy atom. The van der Waals surface area contributed by atoms with Crippen molar-refractivity contribution in [3.63, 3.8) is 0 Å². The van der Waals surface area contributed by atoms with Crippen LogP contribution in [0.2, 0.25) is 0 Å². The van der Waals surface area contributed by atoms with E-state index in [1.807, 2.05) is 0 Å². The summed E-state index contributed by atoms with van der Waals surface area (Å²) in [6, 6.07) is 69.4. The van der Waals surface area contributed by atoms with E-state index < -0.39 is 0 Å². The van der Waals surface area contributed by atoms with E-state index in [1.165, 1.54) is 104 Å². The molecule has 70 heavy (non-hydrogen) atoms. The number of rotatable bonds is 6. The van der Waals surface area contributed by atoms with Gasteiger partial charge >= 0.3 is 0 Å². The third kappa shape index (κ3) is 7.83. The fraction of sp³-hybridized carbons (Fsp3) is 0.235. The summed E-state index contributed by atoms with van der Waals surface area (Å²) in [6.45, 7) is 27.9. The summed E-state index contributed by atoms with van der Waals surface area (Å²) in [7, 11) is 0. The largest absolute Gasteiger partial charge is 0.310 e. The Hall–Kier alpha value is -7.16. The van der Waals surface area contributed by atoms with E-state index in [-0.39, 0.29) is 21.7 Å². The molecule has 2 heteroatoms. The van der Waals surface area contributed by atoms with Crippen LogP contribution in [0.3, 0.4) is 0 Å². The number of anilines is 3. The van der Waals surface area contributed by atoms with Gasteiger partial charge in [-0.25, -0.2) is 0 Å². The topological polar surface area (TPSA) is 8.17 Å². The van der Waals surface area contributed by atoms with E-state index in [4.69, 9.17) is 0 Å². The minimum absolute atomic E-state index is 0.000372. The second-order valence-electron chi connectivity index (χ2n) is 24.0. The van der Waals surface area contributed by atoms with Gasteiger partial charge in [-0.1, -0.05) is 217 Å². The Morgan fingerprint density at radius 1 is 0.314 bits per heavy atom. The third-order valence-corrected chi connectivity index (χ3v) is 14.9. The van der Waals surface area contributed by atoms with Gasteiger partial charge in [0.05, 0.1) is 22.4 Å². The Kier molecular flexibility index (Phi) is 10.5. The molecule has 0 aliphatic carbocycles. The smallest absolute Gasteiger partial charge is 0.0541 e. The molecule has 0 unspecified atom stereocenters. The van der Waals surface area contributed by atoms with Gasteiger partial charge in [-0.15, -0.1) is 0 Å². The van der Waals surface area contributed by atoms with Gasteiger partial charge in [-0.2, -0.15) is 0 Å². The number of fused-ring (bicyclic) bond motifs is 3. The molecule has 0 amide bonds. The van der Waals surface area contributed by atoms with Crippen LogP contribution in [0, 0.1) is 0 Å². The number of hydrogen-bond donors (Lipinski definition) is 0. The van der Waals surface area contributed by atoms with E-state index in [9.17, 15) is 0 Å². The standard InChI is InChI=1S/C68H66N2/c1-65(2,3)49-35-47(36-50(41-49)66(4,5)6)45-19-17-21-53(39-45)69(54-22-18-20-46(40-54)48-37-51(67(7,8)9)42-52(38-48)68(10,11)12)61-33-29-43-28-32-58-62(34-30-44-27-31-57(61)63(43)64(44)58)70-59-25-15-13-23-55(59)56-24-14-16-26-60(56)70/h13-42H,1-12H3. The first-order valence-electron chi connectivity index (χ1n) is 25.2. The molecule has 0 aliphatic rings. The van der Waals surface area contributed by atoms with Crippen LogP contribution in [0.5, 0.6) is 0 Å². The zero-order valence-electron chi connectivity index (χ0n) is 43.2. The first-order chi connectivity index (χ1) is 33.2. The molecule has 0 spiro atoms. The van der Waals surface area contributed by atoms with Crippen LogP contribution in [-0.4, -0.2) is 4.57 Å². The van der Waals surface area contributed by atoms with E-state index in [0.717, 1.165) is 17.1 Å². The summed E-state index contributed by atoms with van der Waals surface area (Å²) in [5, 5.41) is 10.1. The molecule has 0 radical (unpaired) electrons. The van der Waals surface area contributed by atoms with Crippen LogP contribution in [0.1, 0.15) is 105 Å². The SMILES string of the molecule is CC(C)(C)c1cc(-c2cccc(N(c3cccc(-c4cc(C(C)(C)C)cc(C(C)(C)C)c4)c3)c3ccc4ccc5c(-n6c7ccccc7c7ccccc76)ccc6ccc3c4c65)c2)cc(C(C)(C)C)c1. The molecule has 0 bridgehead atoms. The first kappa shape index (κ1) is 45.3. The van der Waals surface area contributed by atoms with Gasteiger partial charge in [0.1, 0.15) is 0 Å². The van der Waals surface area contributed by atoms with Crippen LogP contribution < -0.4 is 4.90 Å². The van der Waals surface area contributed by atoms with Crippen LogP contribution in [0.4, 0.5) is 17.1 Å². The maximum atomic E-state index is 2.52. The van der Waals surface area contributed by atoms with Crippen LogP contribution >= 0.6 is 0 Å². The van der Waals surface area contributed by atoms with Crippen LogP contribution in [-0.2, 0) is 21.7 Å². The summed E-state index contributed by atoms with van der Waals surface area (Å²) in [4.78, 5) is 2.52. The van der Waals surface area contributed by atoms with Crippen molar-refractivity contribution in [1.82, 2.24) is 4.57 Å². The van der Waals surface area contributed by atoms with Gasteiger partial charge in [-0.05, 0) is 136 Å². The Labute approximate surface area is 415 Å². The molecule has 0 atom stereocenters. The molecule has 1 heterocycles. The lowest BCUT2D eigenvalue weighted by Crippen LogP contribution is -2.16. The number of nitrogens with zero attached hydrogens (tertiary/aromatic N) is 2. The molecule has 10 aromatic carbocycles. The average molecular weight is 911 g/mol. The molecule has 0 aliphatic heterocycles. The summed E-state index contributed by atoms with van der Waals surface area (Å²) in [6.07, 6.45) is 0. The van der Waals surface area contributed by atoms with Gasteiger partial charge in [-0.3, -0.25) is 0 Å². The van der Waals surface area contributed by atoms with Crippen molar-refractivity contribution < 1.29 is 0 Å². The molecular weight excluding hydrogens is 845 g/mol. The van der Waals surface area contributed by atoms with Gasteiger partial charge in [0, 0.05) is 32.9 Å². The minimum Gasteiger partial charge on any atom is -0.310 e. The molecule has 0 N–H and O–H groups in total. The second-order valence-corrected chi connectivity index (χ2v) is 24.0. The summed E-state index contributed by atoms with van der Waals surface area (Å²) in [5.74, 6) is 0. The normalized spacial score (nSPS) is 12.9. The summed E-state index contributed by atoms with van der Waals surface area (Å²) >= 11 is 0. The molecule has 348 valence electrons. The van der Waals surface area contributed by atoms with Crippen molar-refractivity contribution in [3.8, 4) is 27.9 Å². The summed E-state index contributed by atoms with van der Waals surface area (Å²) in [5.41, 5.74) is 17.3. The molecule has 11 aromatic rings. The zero-order chi connectivity index (χ0) is 49.1. The van der Waals surface area contributed by atoms with E-state index in [1.54, 1.807) is 0 Å². The van der Waals surface area contributed by atoms with Gasteiger partial charge in [0.2, 0.25) is 0 Å². The first-order valence-corrected chi connectivity index (χ1v) is 25.2. The van der Waals surface area contributed by atoms with Gasteiger partial charge in [0.25, 0.3) is 0 Å². The maximum Gasteiger partial charge on any atom is 0.0541 e. The van der Waals surface area contributed by atoms with Crippen molar-refractivity contribution >= 4 is 71.2 Å². The molecule has 0 saturated carbocycles. The number of hydrogen-bond acceptors (Lipinski definition) is 1. The summed E-state index contributed by atoms with van der Waals surface area (Å²) < 4.78 is 2.47. The highest BCUT2D eigenvalue weighted by Crippen LogP contribution is 2.47. The molecule has 2 nitrogen and oxygen atoms in total. The zero-order valence-corrected chi connectivity index (χ0v) is 43.2. The van der Waals surface area contributed by atoms with Gasteiger partial charge < -0.3 is 9.47 Å². The predicted octanol–water partition coefficient (Wildman–Crippen LogP) is 19.7. The molecule has 0 fully saturated rings. The number of aromatic nitrogens is 1. The van der Waals surface area contributed by atoms with Crippen LogP contribution in [0.25, 0.3) is 82.1 Å². The van der Waals surface area contributed by atoms with E-state index >= 15 is 0 Å². The van der Waals surface area contributed by atoms with Gasteiger partial charge in [0.15, 0.2) is 0 Å².